The molecule has 1 aliphatic carbocycles. The zero-order valence-electron chi connectivity index (χ0n) is 14.5. The third-order valence-electron chi connectivity index (χ3n) is 4.67. The molecule has 0 spiro atoms. The van der Waals surface area contributed by atoms with E-state index in [1.54, 1.807) is 18.2 Å². The standard InChI is InChI=1S/C19H24N4O2/c1-23(13-12-14-6-2-5-9-17(14)24)18-11-10-16(21-22-18)19(25)20-15-7-3-4-8-15/h2,5-6,9-11,15,24H,3-4,7-8,12-13H2,1H3,(H,20,25). The van der Waals surface area contributed by atoms with Gasteiger partial charge in [0.1, 0.15) is 5.75 Å². The van der Waals surface area contributed by atoms with Crippen molar-refractivity contribution >= 4 is 11.7 Å². The minimum atomic E-state index is -0.150. The Morgan fingerprint density at radius 1 is 1.20 bits per heavy atom. The lowest BCUT2D eigenvalue weighted by molar-refractivity contribution is 0.0932. The highest BCUT2D eigenvalue weighted by atomic mass is 16.3. The molecular formula is C19H24N4O2. The number of rotatable bonds is 6. The summed E-state index contributed by atoms with van der Waals surface area (Å²) in [6, 6.07) is 11.1. The molecule has 2 N–H and O–H groups in total. The minimum Gasteiger partial charge on any atom is -0.508 e. The summed E-state index contributed by atoms with van der Waals surface area (Å²) in [6.45, 7) is 0.694. The molecule has 3 rings (SSSR count). The first kappa shape index (κ1) is 17.2. The van der Waals surface area contributed by atoms with Gasteiger partial charge in [0, 0.05) is 19.6 Å². The fourth-order valence-corrected chi connectivity index (χ4v) is 3.10. The average Bonchev–Trinajstić information content (AvgIpc) is 3.14. The van der Waals surface area contributed by atoms with Gasteiger partial charge in [-0.15, -0.1) is 10.2 Å². The first-order valence-corrected chi connectivity index (χ1v) is 8.76. The van der Waals surface area contributed by atoms with Crippen LogP contribution < -0.4 is 10.2 Å². The van der Waals surface area contributed by atoms with Crippen LogP contribution in [0.2, 0.25) is 0 Å². The quantitative estimate of drug-likeness (QED) is 0.845. The first-order valence-electron chi connectivity index (χ1n) is 8.76. The van der Waals surface area contributed by atoms with Gasteiger partial charge >= 0.3 is 0 Å². The second kappa shape index (κ2) is 7.96. The molecule has 0 atom stereocenters. The van der Waals surface area contributed by atoms with Crippen LogP contribution in [0.5, 0.6) is 5.75 Å². The van der Waals surface area contributed by atoms with Crippen LogP contribution in [0.25, 0.3) is 0 Å². The second-order valence-electron chi connectivity index (χ2n) is 6.53. The summed E-state index contributed by atoms with van der Waals surface area (Å²) in [6.07, 6.45) is 5.15. The van der Waals surface area contributed by atoms with Crippen molar-refractivity contribution in [2.45, 2.75) is 38.1 Å². The van der Waals surface area contributed by atoms with Crippen LogP contribution in [0.4, 0.5) is 5.82 Å². The van der Waals surface area contributed by atoms with Crippen LogP contribution in [0, 0.1) is 0 Å². The summed E-state index contributed by atoms with van der Waals surface area (Å²) in [7, 11) is 1.92. The number of likely N-dealkylation sites (N-methyl/N-ethyl adjacent to an activating group) is 1. The lowest BCUT2D eigenvalue weighted by Crippen LogP contribution is -2.33. The molecule has 2 aromatic rings. The number of phenols is 1. The van der Waals surface area contributed by atoms with Crippen molar-refractivity contribution < 1.29 is 9.90 Å². The summed E-state index contributed by atoms with van der Waals surface area (Å²) < 4.78 is 0. The average molecular weight is 340 g/mol. The summed E-state index contributed by atoms with van der Waals surface area (Å²) in [4.78, 5) is 14.1. The van der Waals surface area contributed by atoms with Gasteiger partial charge in [-0.3, -0.25) is 4.79 Å². The molecular weight excluding hydrogens is 316 g/mol. The van der Waals surface area contributed by atoms with Crippen LogP contribution in [-0.2, 0) is 6.42 Å². The van der Waals surface area contributed by atoms with Crippen molar-refractivity contribution in [3.8, 4) is 5.75 Å². The molecule has 0 radical (unpaired) electrons. The van der Waals surface area contributed by atoms with Crippen LogP contribution in [-0.4, -0.2) is 40.8 Å². The summed E-state index contributed by atoms with van der Waals surface area (Å²) in [5.74, 6) is 0.858. The molecule has 0 saturated heterocycles. The maximum atomic E-state index is 12.2. The Balaban J connectivity index is 1.55. The van der Waals surface area contributed by atoms with Crippen LogP contribution in [0.3, 0.4) is 0 Å². The maximum absolute atomic E-state index is 12.2. The predicted octanol–water partition coefficient (Wildman–Crippen LogP) is 2.53. The number of carbonyl (C=O) groups excluding carboxylic acids is 1. The van der Waals surface area contributed by atoms with Crippen molar-refractivity contribution in [2.24, 2.45) is 0 Å². The van der Waals surface area contributed by atoms with E-state index >= 15 is 0 Å². The second-order valence-corrected chi connectivity index (χ2v) is 6.53. The van der Waals surface area contributed by atoms with E-state index in [0.717, 1.165) is 18.4 Å². The predicted molar refractivity (Wildman–Crippen MR) is 96.8 cm³/mol. The Morgan fingerprint density at radius 3 is 2.64 bits per heavy atom. The number of anilines is 1. The van der Waals surface area contributed by atoms with Crippen LogP contribution in [0.1, 0.15) is 41.7 Å². The molecule has 0 bridgehead atoms. The fraction of sp³-hybridized carbons (Fsp3) is 0.421. The molecule has 0 unspecified atom stereocenters. The van der Waals surface area contributed by atoms with Crippen molar-refractivity contribution in [1.82, 2.24) is 15.5 Å². The van der Waals surface area contributed by atoms with Gasteiger partial charge in [-0.2, -0.15) is 0 Å². The summed E-state index contributed by atoms with van der Waals surface area (Å²) >= 11 is 0. The number of amides is 1. The van der Waals surface area contributed by atoms with E-state index in [0.29, 0.717) is 30.2 Å². The number of nitrogens with one attached hydrogen (secondary N) is 1. The highest BCUT2D eigenvalue weighted by Crippen LogP contribution is 2.19. The van der Waals surface area contributed by atoms with Gasteiger partial charge in [-0.1, -0.05) is 31.0 Å². The maximum Gasteiger partial charge on any atom is 0.272 e. The van der Waals surface area contributed by atoms with Crippen molar-refractivity contribution in [3.63, 3.8) is 0 Å². The smallest absolute Gasteiger partial charge is 0.272 e. The molecule has 1 aromatic heterocycles. The van der Waals surface area contributed by atoms with Gasteiger partial charge in [-0.25, -0.2) is 0 Å². The van der Waals surface area contributed by atoms with Gasteiger partial charge in [0.25, 0.3) is 5.91 Å². The van der Waals surface area contributed by atoms with Crippen molar-refractivity contribution in [1.29, 1.82) is 0 Å². The number of hydrogen-bond donors (Lipinski definition) is 2. The van der Waals surface area contributed by atoms with E-state index in [1.807, 2.05) is 30.1 Å². The van der Waals surface area contributed by atoms with E-state index in [2.05, 4.69) is 15.5 Å². The molecule has 6 nitrogen and oxygen atoms in total. The van der Waals surface area contributed by atoms with E-state index in [-0.39, 0.29) is 11.9 Å². The number of aromatic hydroxyl groups is 1. The Morgan fingerprint density at radius 2 is 1.96 bits per heavy atom. The van der Waals surface area contributed by atoms with Gasteiger partial charge in [0.15, 0.2) is 11.5 Å². The number of carbonyl (C=O) groups is 1. The number of benzene rings is 1. The fourth-order valence-electron chi connectivity index (χ4n) is 3.10. The minimum absolute atomic E-state index is 0.150. The van der Waals surface area contributed by atoms with Crippen LogP contribution in [0.15, 0.2) is 36.4 Å². The molecule has 1 aliphatic rings. The van der Waals surface area contributed by atoms with Gasteiger partial charge in [0.2, 0.25) is 0 Å². The molecule has 1 amide bonds. The number of para-hydroxylation sites is 1. The third kappa shape index (κ3) is 4.47. The lowest BCUT2D eigenvalue weighted by atomic mass is 10.1. The third-order valence-corrected chi connectivity index (χ3v) is 4.67. The zero-order valence-corrected chi connectivity index (χ0v) is 14.5. The largest absolute Gasteiger partial charge is 0.508 e. The first-order chi connectivity index (χ1) is 12.1. The topological polar surface area (TPSA) is 78.4 Å². The van der Waals surface area contributed by atoms with Gasteiger partial charge < -0.3 is 15.3 Å². The Hall–Kier alpha value is -2.63. The molecule has 1 heterocycles. The van der Waals surface area contributed by atoms with E-state index in [9.17, 15) is 9.90 Å². The van der Waals surface area contributed by atoms with Gasteiger partial charge in [-0.05, 0) is 43.0 Å². The van der Waals surface area contributed by atoms with Gasteiger partial charge in [0.05, 0.1) is 0 Å². The Labute approximate surface area is 147 Å². The molecule has 6 heteroatoms. The number of hydrogen-bond acceptors (Lipinski definition) is 5. The SMILES string of the molecule is CN(CCc1ccccc1O)c1ccc(C(=O)NC2CCCC2)nn1. The van der Waals surface area contributed by atoms with E-state index in [4.69, 9.17) is 0 Å². The monoisotopic (exact) mass is 340 g/mol. The van der Waals surface area contributed by atoms with Crippen LogP contribution >= 0.6 is 0 Å². The Kier molecular flexibility index (Phi) is 5.48. The Bertz CT molecular complexity index is 712. The highest BCUT2D eigenvalue weighted by Gasteiger charge is 2.19. The molecule has 25 heavy (non-hydrogen) atoms. The number of phenolic OH excluding ortho intramolecular Hbond substituents is 1. The normalized spacial score (nSPS) is 14.4. The summed E-state index contributed by atoms with van der Waals surface area (Å²) in [5, 5.41) is 21.1. The van der Waals surface area contributed by atoms with Crippen molar-refractivity contribution in [3.05, 3.63) is 47.7 Å². The molecule has 1 fully saturated rings. The lowest BCUT2D eigenvalue weighted by Gasteiger charge is -2.18. The molecule has 132 valence electrons. The molecule has 1 aromatic carbocycles. The molecule has 0 aliphatic heterocycles. The molecule has 1 saturated carbocycles. The zero-order chi connectivity index (χ0) is 17.6. The van der Waals surface area contributed by atoms with E-state index < -0.39 is 0 Å². The highest BCUT2D eigenvalue weighted by molar-refractivity contribution is 5.92. The van der Waals surface area contributed by atoms with Crippen molar-refractivity contribution in [2.75, 3.05) is 18.5 Å². The number of nitrogens with zero attached hydrogens (tertiary/aromatic N) is 3. The van der Waals surface area contributed by atoms with E-state index in [1.165, 1.54) is 12.8 Å². The number of aromatic nitrogens is 2. The summed E-state index contributed by atoms with van der Waals surface area (Å²) in [5.41, 5.74) is 1.25.